The minimum atomic E-state index is -0.00726. The smallest absolute Gasteiger partial charge is 0.184 e. The van der Waals surface area contributed by atoms with E-state index in [2.05, 4.69) is 25.8 Å². The van der Waals surface area contributed by atoms with E-state index < -0.39 is 0 Å². The third-order valence-corrected chi connectivity index (χ3v) is 3.69. The van der Waals surface area contributed by atoms with Crippen LogP contribution in [0.1, 0.15) is 59.3 Å². The van der Waals surface area contributed by atoms with Crippen LogP contribution in [-0.4, -0.2) is 23.3 Å². The number of aliphatic imine (C=N–C) groups is 1. The highest BCUT2D eigenvalue weighted by atomic mass is 16.5. The number of hydrogen-bond acceptors (Lipinski definition) is 3. The molecule has 2 unspecified atom stereocenters. The zero-order valence-electron chi connectivity index (χ0n) is 11.2. The summed E-state index contributed by atoms with van der Waals surface area (Å²) in [6.45, 7) is 6.39. The van der Waals surface area contributed by atoms with Crippen LogP contribution >= 0.6 is 0 Å². The van der Waals surface area contributed by atoms with E-state index in [9.17, 15) is 4.79 Å². The maximum atomic E-state index is 11.6. The molecule has 2 aliphatic rings. The average Bonchev–Trinajstić information content (AvgIpc) is 2.58. The summed E-state index contributed by atoms with van der Waals surface area (Å²) in [4.78, 5) is 16.2. The summed E-state index contributed by atoms with van der Waals surface area (Å²) >= 11 is 0. The number of ether oxygens (including phenoxy) is 1. The van der Waals surface area contributed by atoms with Gasteiger partial charge in [0.1, 0.15) is 5.78 Å². The molecule has 0 aromatic carbocycles. The Balaban J connectivity index is 1.90. The van der Waals surface area contributed by atoms with E-state index >= 15 is 0 Å². The lowest BCUT2D eigenvalue weighted by molar-refractivity contribution is -0.120. The van der Waals surface area contributed by atoms with Gasteiger partial charge in [-0.2, -0.15) is 0 Å². The van der Waals surface area contributed by atoms with Gasteiger partial charge in [0.15, 0.2) is 5.90 Å². The highest BCUT2D eigenvalue weighted by molar-refractivity contribution is 5.84. The average molecular weight is 237 g/mol. The molecule has 1 fully saturated rings. The first kappa shape index (κ1) is 12.6. The molecule has 0 N–H and O–H groups in total. The third kappa shape index (κ3) is 3.30. The highest BCUT2D eigenvalue weighted by Crippen LogP contribution is 2.29. The fourth-order valence-electron chi connectivity index (χ4n) is 2.99. The van der Waals surface area contributed by atoms with E-state index in [0.29, 0.717) is 5.78 Å². The third-order valence-electron chi connectivity index (χ3n) is 3.69. The van der Waals surface area contributed by atoms with Crippen molar-refractivity contribution in [1.82, 2.24) is 0 Å². The molecule has 17 heavy (non-hydrogen) atoms. The van der Waals surface area contributed by atoms with Gasteiger partial charge in [0, 0.05) is 25.2 Å². The summed E-state index contributed by atoms with van der Waals surface area (Å²) in [6, 6.07) is 0. The number of carbonyl (C=O) groups is 1. The Kier molecular flexibility index (Phi) is 3.55. The second kappa shape index (κ2) is 4.79. The zero-order valence-corrected chi connectivity index (χ0v) is 11.2. The van der Waals surface area contributed by atoms with Gasteiger partial charge in [0.05, 0.1) is 11.6 Å². The van der Waals surface area contributed by atoms with Crippen molar-refractivity contribution in [2.24, 2.45) is 10.9 Å². The van der Waals surface area contributed by atoms with Crippen molar-refractivity contribution in [3.8, 4) is 0 Å². The lowest BCUT2D eigenvalue weighted by Gasteiger charge is -2.31. The van der Waals surface area contributed by atoms with Crippen LogP contribution in [0.15, 0.2) is 4.99 Å². The van der Waals surface area contributed by atoms with Crippen LogP contribution in [0.25, 0.3) is 0 Å². The quantitative estimate of drug-likeness (QED) is 0.756. The Labute approximate surface area is 104 Å². The van der Waals surface area contributed by atoms with E-state index in [4.69, 9.17) is 4.74 Å². The van der Waals surface area contributed by atoms with Gasteiger partial charge in [-0.15, -0.1) is 0 Å². The largest absolute Gasteiger partial charge is 0.478 e. The number of nitrogens with zero attached hydrogens (tertiary/aromatic N) is 1. The molecule has 1 saturated carbocycles. The molecule has 0 radical (unpaired) electrons. The van der Waals surface area contributed by atoms with Gasteiger partial charge < -0.3 is 4.74 Å². The maximum absolute atomic E-state index is 11.6. The van der Waals surface area contributed by atoms with E-state index in [-0.39, 0.29) is 17.6 Å². The molecule has 1 aliphatic carbocycles. The van der Waals surface area contributed by atoms with Gasteiger partial charge in [0.2, 0.25) is 0 Å². The Bertz CT molecular complexity index is 333. The molecule has 0 amide bonds. The topological polar surface area (TPSA) is 38.7 Å². The summed E-state index contributed by atoms with van der Waals surface area (Å²) in [6.07, 6.45) is 5.87. The zero-order chi connectivity index (χ0) is 12.5. The number of carbonyl (C=O) groups excluding carboxylic acids is 1. The highest BCUT2D eigenvalue weighted by Gasteiger charge is 2.29. The first-order chi connectivity index (χ1) is 7.96. The Hall–Kier alpha value is -0.860. The SMILES string of the molecule is CC1CC(C)(C)N=C(CCC2CCCC2=O)O1. The Morgan fingerprint density at radius 3 is 2.82 bits per heavy atom. The molecule has 0 aromatic heterocycles. The Morgan fingerprint density at radius 1 is 1.47 bits per heavy atom. The van der Waals surface area contributed by atoms with Crippen LogP contribution in [0.4, 0.5) is 0 Å². The lowest BCUT2D eigenvalue weighted by atomic mass is 9.95. The molecule has 0 spiro atoms. The van der Waals surface area contributed by atoms with Crippen molar-refractivity contribution in [2.75, 3.05) is 0 Å². The van der Waals surface area contributed by atoms with E-state index in [0.717, 1.165) is 44.4 Å². The van der Waals surface area contributed by atoms with Crippen molar-refractivity contribution >= 4 is 11.7 Å². The standard InChI is InChI=1S/C14H23NO2/c1-10-9-14(2,3)15-13(17-10)8-7-11-5-4-6-12(11)16/h10-11H,4-9H2,1-3H3. The fraction of sp³-hybridized carbons (Fsp3) is 0.857. The van der Waals surface area contributed by atoms with Crippen LogP contribution in [0.5, 0.6) is 0 Å². The molecule has 1 aliphatic heterocycles. The molecule has 0 aromatic rings. The molecular formula is C14H23NO2. The van der Waals surface area contributed by atoms with Gasteiger partial charge in [-0.05, 0) is 40.0 Å². The minimum Gasteiger partial charge on any atom is -0.478 e. The van der Waals surface area contributed by atoms with Crippen molar-refractivity contribution in [2.45, 2.75) is 70.9 Å². The number of ketones is 1. The van der Waals surface area contributed by atoms with E-state index in [1.807, 2.05) is 0 Å². The first-order valence-corrected chi connectivity index (χ1v) is 6.74. The summed E-state index contributed by atoms with van der Waals surface area (Å²) in [5, 5.41) is 0. The minimum absolute atomic E-state index is 0.00726. The normalized spacial score (nSPS) is 32.2. The van der Waals surface area contributed by atoms with E-state index in [1.165, 1.54) is 0 Å². The van der Waals surface area contributed by atoms with Gasteiger partial charge in [-0.25, -0.2) is 4.99 Å². The molecule has 3 nitrogen and oxygen atoms in total. The summed E-state index contributed by atoms with van der Waals surface area (Å²) in [5.74, 6) is 1.56. The second-order valence-electron chi connectivity index (χ2n) is 6.04. The predicted molar refractivity (Wildman–Crippen MR) is 68.3 cm³/mol. The molecule has 3 heteroatoms. The number of Topliss-reactive ketones (excluding diaryl/α,β-unsaturated/α-hetero) is 1. The van der Waals surface area contributed by atoms with Gasteiger partial charge in [-0.3, -0.25) is 4.79 Å². The lowest BCUT2D eigenvalue weighted by Crippen LogP contribution is -2.34. The molecular weight excluding hydrogens is 214 g/mol. The molecule has 0 saturated heterocycles. The number of hydrogen-bond donors (Lipinski definition) is 0. The second-order valence-corrected chi connectivity index (χ2v) is 6.04. The van der Waals surface area contributed by atoms with Crippen molar-refractivity contribution in [1.29, 1.82) is 0 Å². The van der Waals surface area contributed by atoms with Gasteiger partial charge in [0.25, 0.3) is 0 Å². The Morgan fingerprint density at radius 2 is 2.24 bits per heavy atom. The van der Waals surface area contributed by atoms with Crippen molar-refractivity contribution in [3.63, 3.8) is 0 Å². The molecule has 2 rings (SSSR count). The van der Waals surface area contributed by atoms with Crippen LogP contribution in [0, 0.1) is 5.92 Å². The van der Waals surface area contributed by atoms with Crippen LogP contribution in [0.3, 0.4) is 0 Å². The van der Waals surface area contributed by atoms with Gasteiger partial charge >= 0.3 is 0 Å². The predicted octanol–water partition coefficient (Wildman–Crippen LogP) is 3.12. The number of rotatable bonds is 3. The van der Waals surface area contributed by atoms with Gasteiger partial charge in [-0.1, -0.05) is 0 Å². The monoisotopic (exact) mass is 237 g/mol. The fourth-order valence-corrected chi connectivity index (χ4v) is 2.99. The van der Waals surface area contributed by atoms with Crippen molar-refractivity contribution < 1.29 is 9.53 Å². The van der Waals surface area contributed by atoms with E-state index in [1.54, 1.807) is 0 Å². The maximum Gasteiger partial charge on any atom is 0.184 e. The molecule has 96 valence electrons. The molecule has 2 atom stereocenters. The molecule has 0 bridgehead atoms. The summed E-state index contributed by atoms with van der Waals surface area (Å²) in [5.41, 5.74) is -0.00726. The first-order valence-electron chi connectivity index (χ1n) is 6.74. The molecule has 1 heterocycles. The van der Waals surface area contributed by atoms with Crippen LogP contribution in [-0.2, 0) is 9.53 Å². The van der Waals surface area contributed by atoms with Crippen molar-refractivity contribution in [3.05, 3.63) is 0 Å². The van der Waals surface area contributed by atoms with Crippen LogP contribution < -0.4 is 0 Å². The summed E-state index contributed by atoms with van der Waals surface area (Å²) in [7, 11) is 0. The van der Waals surface area contributed by atoms with Crippen LogP contribution in [0.2, 0.25) is 0 Å². The summed E-state index contributed by atoms with van der Waals surface area (Å²) < 4.78 is 5.76.